The molecule has 0 aromatic heterocycles. The Morgan fingerprint density at radius 3 is 2.60 bits per heavy atom. The Balaban J connectivity index is 2.42. The highest BCUT2D eigenvalue weighted by Gasteiger charge is 2.14. The van der Waals surface area contributed by atoms with Crippen LogP contribution in [0.5, 0.6) is 5.75 Å². The quantitative estimate of drug-likeness (QED) is 0.929. The van der Waals surface area contributed by atoms with E-state index in [1.165, 1.54) is 4.90 Å². The molecule has 2 aromatic carbocycles. The van der Waals surface area contributed by atoms with Crippen LogP contribution in [0.1, 0.15) is 18.5 Å². The molecule has 0 spiro atoms. The summed E-state index contributed by atoms with van der Waals surface area (Å²) >= 11 is 0. The number of likely N-dealkylation sites (N-methyl/N-ethyl adjacent to an activating group) is 1. The summed E-state index contributed by atoms with van der Waals surface area (Å²) in [6.45, 7) is 1.92. The Morgan fingerprint density at radius 2 is 1.95 bits per heavy atom. The molecule has 0 saturated carbocycles. The fourth-order valence-corrected chi connectivity index (χ4v) is 2.04. The van der Waals surface area contributed by atoms with E-state index in [-0.39, 0.29) is 18.6 Å². The highest BCUT2D eigenvalue weighted by molar-refractivity contribution is 5.90. The molecule has 0 saturated heterocycles. The molecular formula is C16H20N2O2. The predicted octanol–water partition coefficient (Wildman–Crippen LogP) is 2.33. The van der Waals surface area contributed by atoms with Crippen LogP contribution in [0.15, 0.2) is 36.4 Å². The fourth-order valence-electron chi connectivity index (χ4n) is 2.04. The van der Waals surface area contributed by atoms with E-state index in [1.54, 1.807) is 14.1 Å². The van der Waals surface area contributed by atoms with E-state index < -0.39 is 0 Å². The second kappa shape index (κ2) is 5.92. The SMILES string of the molecule is CC(N)c1ccc2ccccc2c1OCC(=O)N(C)C. The van der Waals surface area contributed by atoms with Gasteiger partial charge < -0.3 is 15.4 Å². The van der Waals surface area contributed by atoms with Crippen molar-refractivity contribution in [2.45, 2.75) is 13.0 Å². The molecular weight excluding hydrogens is 252 g/mol. The van der Waals surface area contributed by atoms with Crippen LogP contribution >= 0.6 is 0 Å². The molecule has 0 radical (unpaired) electrons. The summed E-state index contributed by atoms with van der Waals surface area (Å²) in [5.74, 6) is 0.627. The molecule has 4 heteroatoms. The van der Waals surface area contributed by atoms with Crippen LogP contribution in [0.3, 0.4) is 0 Å². The third kappa shape index (κ3) is 2.91. The summed E-state index contributed by atoms with van der Waals surface area (Å²) < 4.78 is 5.76. The van der Waals surface area contributed by atoms with Crippen molar-refractivity contribution in [1.29, 1.82) is 0 Å². The minimum atomic E-state index is -0.149. The van der Waals surface area contributed by atoms with Crippen LogP contribution in [0.4, 0.5) is 0 Å². The van der Waals surface area contributed by atoms with Crippen molar-refractivity contribution in [3.63, 3.8) is 0 Å². The van der Waals surface area contributed by atoms with Gasteiger partial charge in [-0.05, 0) is 12.3 Å². The number of amides is 1. The zero-order valence-electron chi connectivity index (χ0n) is 12.1. The first-order chi connectivity index (χ1) is 9.50. The molecule has 20 heavy (non-hydrogen) atoms. The summed E-state index contributed by atoms with van der Waals surface area (Å²) in [5, 5.41) is 2.05. The van der Waals surface area contributed by atoms with E-state index in [4.69, 9.17) is 10.5 Å². The highest BCUT2D eigenvalue weighted by Crippen LogP contribution is 2.32. The molecule has 2 aromatic rings. The van der Waals surface area contributed by atoms with Crippen molar-refractivity contribution in [2.75, 3.05) is 20.7 Å². The summed E-state index contributed by atoms with van der Waals surface area (Å²) in [7, 11) is 3.42. The number of rotatable bonds is 4. The normalized spacial score (nSPS) is 12.2. The van der Waals surface area contributed by atoms with Gasteiger partial charge in [0.25, 0.3) is 5.91 Å². The Hall–Kier alpha value is -2.07. The number of ether oxygens (including phenoxy) is 1. The second-order valence-corrected chi connectivity index (χ2v) is 5.07. The van der Waals surface area contributed by atoms with Crippen LogP contribution < -0.4 is 10.5 Å². The van der Waals surface area contributed by atoms with Gasteiger partial charge >= 0.3 is 0 Å². The van der Waals surface area contributed by atoms with Crippen molar-refractivity contribution in [3.05, 3.63) is 42.0 Å². The lowest BCUT2D eigenvalue weighted by molar-refractivity contribution is -0.130. The van der Waals surface area contributed by atoms with Gasteiger partial charge in [-0.1, -0.05) is 36.4 Å². The molecule has 1 atom stereocenters. The molecule has 0 bridgehead atoms. The monoisotopic (exact) mass is 272 g/mol. The molecule has 2 N–H and O–H groups in total. The van der Waals surface area contributed by atoms with Crippen LogP contribution in [0.25, 0.3) is 10.8 Å². The first-order valence-corrected chi connectivity index (χ1v) is 6.61. The van der Waals surface area contributed by atoms with E-state index in [1.807, 2.05) is 43.3 Å². The maximum atomic E-state index is 11.7. The number of hydrogen-bond donors (Lipinski definition) is 1. The van der Waals surface area contributed by atoms with Crippen LogP contribution in [0, 0.1) is 0 Å². The van der Waals surface area contributed by atoms with Crippen LogP contribution in [-0.2, 0) is 4.79 Å². The largest absolute Gasteiger partial charge is 0.483 e. The molecule has 2 rings (SSSR count). The maximum absolute atomic E-state index is 11.7. The van der Waals surface area contributed by atoms with Gasteiger partial charge in [0.15, 0.2) is 6.61 Å². The lowest BCUT2D eigenvalue weighted by Gasteiger charge is -2.17. The number of hydrogen-bond acceptors (Lipinski definition) is 3. The minimum Gasteiger partial charge on any atom is -0.483 e. The lowest BCUT2D eigenvalue weighted by Crippen LogP contribution is -2.28. The van der Waals surface area contributed by atoms with Gasteiger partial charge in [-0.2, -0.15) is 0 Å². The summed E-state index contributed by atoms with van der Waals surface area (Å²) in [4.78, 5) is 13.2. The Morgan fingerprint density at radius 1 is 1.25 bits per heavy atom. The molecule has 1 amide bonds. The zero-order valence-corrected chi connectivity index (χ0v) is 12.1. The van der Waals surface area contributed by atoms with Crippen LogP contribution in [0.2, 0.25) is 0 Å². The average Bonchev–Trinajstić information content (AvgIpc) is 2.43. The molecule has 4 nitrogen and oxygen atoms in total. The first-order valence-electron chi connectivity index (χ1n) is 6.61. The molecule has 0 heterocycles. The third-order valence-corrected chi connectivity index (χ3v) is 3.24. The second-order valence-electron chi connectivity index (χ2n) is 5.07. The van der Waals surface area contributed by atoms with Crippen LogP contribution in [-0.4, -0.2) is 31.5 Å². The summed E-state index contributed by atoms with van der Waals surface area (Å²) in [5.41, 5.74) is 6.91. The van der Waals surface area contributed by atoms with E-state index in [2.05, 4.69) is 0 Å². The molecule has 0 aliphatic rings. The average molecular weight is 272 g/mol. The number of benzene rings is 2. The minimum absolute atomic E-state index is 0.0146. The van der Waals surface area contributed by atoms with E-state index in [9.17, 15) is 4.79 Å². The molecule has 0 aliphatic carbocycles. The summed E-state index contributed by atoms with van der Waals surface area (Å²) in [6, 6.07) is 11.8. The molecule has 106 valence electrons. The Kier molecular flexibility index (Phi) is 4.25. The van der Waals surface area contributed by atoms with Gasteiger partial charge in [0.2, 0.25) is 0 Å². The molecule has 1 unspecified atom stereocenters. The maximum Gasteiger partial charge on any atom is 0.259 e. The van der Waals surface area contributed by atoms with Gasteiger partial charge in [-0.15, -0.1) is 0 Å². The Bertz CT molecular complexity index is 621. The molecule has 0 fully saturated rings. The fraction of sp³-hybridized carbons (Fsp3) is 0.312. The zero-order chi connectivity index (χ0) is 14.7. The molecule has 0 aliphatic heterocycles. The topological polar surface area (TPSA) is 55.6 Å². The Labute approximate surface area is 119 Å². The standard InChI is InChI=1S/C16H20N2O2/c1-11(17)13-9-8-12-6-4-5-7-14(12)16(13)20-10-15(19)18(2)3/h4-9,11H,10,17H2,1-3H3. The van der Waals surface area contributed by atoms with Crippen molar-refractivity contribution < 1.29 is 9.53 Å². The van der Waals surface area contributed by atoms with Gasteiger partial charge in [-0.25, -0.2) is 0 Å². The number of carbonyl (C=O) groups excluding carboxylic acids is 1. The predicted molar refractivity (Wildman–Crippen MR) is 80.7 cm³/mol. The van der Waals surface area contributed by atoms with Crippen molar-refractivity contribution >= 4 is 16.7 Å². The van der Waals surface area contributed by atoms with Gasteiger partial charge in [0.1, 0.15) is 5.75 Å². The van der Waals surface area contributed by atoms with E-state index in [0.29, 0.717) is 5.75 Å². The third-order valence-electron chi connectivity index (χ3n) is 3.24. The highest BCUT2D eigenvalue weighted by atomic mass is 16.5. The lowest BCUT2D eigenvalue weighted by atomic mass is 10.0. The summed E-state index contributed by atoms with van der Waals surface area (Å²) in [6.07, 6.45) is 0. The number of nitrogens with two attached hydrogens (primary N) is 1. The smallest absolute Gasteiger partial charge is 0.259 e. The van der Waals surface area contributed by atoms with Gasteiger partial charge in [0.05, 0.1) is 0 Å². The van der Waals surface area contributed by atoms with Gasteiger partial charge in [-0.3, -0.25) is 4.79 Å². The van der Waals surface area contributed by atoms with Crippen molar-refractivity contribution in [3.8, 4) is 5.75 Å². The number of fused-ring (bicyclic) bond motifs is 1. The van der Waals surface area contributed by atoms with Gasteiger partial charge in [0, 0.05) is 31.1 Å². The number of nitrogens with zero attached hydrogens (tertiary/aromatic N) is 1. The van der Waals surface area contributed by atoms with Crippen molar-refractivity contribution in [1.82, 2.24) is 4.90 Å². The van der Waals surface area contributed by atoms with E-state index in [0.717, 1.165) is 16.3 Å². The van der Waals surface area contributed by atoms with Crippen molar-refractivity contribution in [2.24, 2.45) is 5.73 Å². The first kappa shape index (κ1) is 14.3. The van der Waals surface area contributed by atoms with E-state index >= 15 is 0 Å². The number of carbonyl (C=O) groups is 1.